The number of carboxylic acids is 1. The van der Waals surface area contributed by atoms with Crippen molar-refractivity contribution in [2.24, 2.45) is 0 Å². The Hall–Kier alpha value is -2.57. The van der Waals surface area contributed by atoms with Crippen LogP contribution in [0.2, 0.25) is 0 Å². The van der Waals surface area contributed by atoms with Gasteiger partial charge in [-0.15, -0.1) is 0 Å². The molecule has 1 aromatic carbocycles. The summed E-state index contributed by atoms with van der Waals surface area (Å²) in [6.45, 7) is 0.116. The second kappa shape index (κ2) is 7.13. The number of amides is 2. The van der Waals surface area contributed by atoms with Crippen LogP contribution in [0.15, 0.2) is 24.3 Å². The number of hydrogen-bond donors (Lipinski definition) is 2. The first kappa shape index (κ1) is 15.5. The number of esters is 1. The third-order valence-electron chi connectivity index (χ3n) is 2.63. The quantitative estimate of drug-likeness (QED) is 0.787. The molecule has 2 amide bonds. The fourth-order valence-corrected chi connectivity index (χ4v) is 1.55. The molecule has 0 radical (unpaired) electrons. The number of ether oxygens (including phenoxy) is 1. The van der Waals surface area contributed by atoms with Crippen molar-refractivity contribution in [2.45, 2.75) is 6.42 Å². The van der Waals surface area contributed by atoms with Gasteiger partial charge >= 0.3 is 18.0 Å². The molecule has 0 heterocycles. The molecule has 0 aliphatic heterocycles. The number of para-hydroxylation sites is 1. The molecule has 0 aromatic heterocycles. The fraction of sp³-hybridized carbons (Fsp3) is 0.308. The summed E-state index contributed by atoms with van der Waals surface area (Å²) in [7, 11) is 2.72. The molecule has 0 aliphatic carbocycles. The molecule has 0 bridgehead atoms. The van der Waals surface area contributed by atoms with Crippen molar-refractivity contribution in [1.29, 1.82) is 0 Å². The molecule has 0 saturated heterocycles. The van der Waals surface area contributed by atoms with Crippen molar-refractivity contribution in [3.8, 4) is 0 Å². The van der Waals surface area contributed by atoms with Crippen molar-refractivity contribution < 1.29 is 24.2 Å². The molecule has 0 aliphatic rings. The van der Waals surface area contributed by atoms with Gasteiger partial charge in [0.1, 0.15) is 0 Å². The maximum atomic E-state index is 11.9. The van der Waals surface area contributed by atoms with Crippen LogP contribution in [0.25, 0.3) is 0 Å². The number of urea groups is 1. The van der Waals surface area contributed by atoms with E-state index in [1.807, 2.05) is 0 Å². The molecule has 108 valence electrons. The van der Waals surface area contributed by atoms with Crippen LogP contribution in [0.4, 0.5) is 10.5 Å². The van der Waals surface area contributed by atoms with Crippen LogP contribution in [0.5, 0.6) is 0 Å². The van der Waals surface area contributed by atoms with E-state index in [1.165, 1.54) is 31.2 Å². The van der Waals surface area contributed by atoms with E-state index in [0.717, 1.165) is 0 Å². The van der Waals surface area contributed by atoms with Gasteiger partial charge in [-0.3, -0.25) is 9.69 Å². The van der Waals surface area contributed by atoms with E-state index in [-0.39, 0.29) is 24.2 Å². The number of methoxy groups -OCH3 is 1. The van der Waals surface area contributed by atoms with Crippen molar-refractivity contribution in [3.63, 3.8) is 0 Å². The molecule has 0 atom stereocenters. The topological polar surface area (TPSA) is 95.9 Å². The van der Waals surface area contributed by atoms with Crippen molar-refractivity contribution >= 4 is 23.7 Å². The summed E-state index contributed by atoms with van der Waals surface area (Å²) in [6, 6.07) is 5.66. The lowest BCUT2D eigenvalue weighted by Crippen LogP contribution is -2.39. The maximum Gasteiger partial charge on any atom is 0.337 e. The van der Waals surface area contributed by atoms with E-state index < -0.39 is 18.0 Å². The first-order valence-electron chi connectivity index (χ1n) is 5.88. The number of anilines is 1. The summed E-state index contributed by atoms with van der Waals surface area (Å²) in [5.41, 5.74) is 0.300. The zero-order valence-electron chi connectivity index (χ0n) is 11.3. The summed E-state index contributed by atoms with van der Waals surface area (Å²) in [4.78, 5) is 35.0. The molecule has 20 heavy (non-hydrogen) atoms. The highest BCUT2D eigenvalue weighted by molar-refractivity contribution is 6.01. The molecule has 2 N–H and O–H groups in total. The van der Waals surface area contributed by atoms with E-state index in [9.17, 15) is 14.4 Å². The monoisotopic (exact) mass is 280 g/mol. The average Bonchev–Trinajstić information content (AvgIpc) is 2.45. The van der Waals surface area contributed by atoms with Crippen LogP contribution in [0.1, 0.15) is 16.8 Å². The normalized spacial score (nSPS) is 9.70. The molecule has 0 spiro atoms. The van der Waals surface area contributed by atoms with Crippen LogP contribution in [0.3, 0.4) is 0 Å². The molecule has 0 saturated carbocycles. The third-order valence-corrected chi connectivity index (χ3v) is 2.63. The van der Waals surface area contributed by atoms with Gasteiger partial charge in [-0.2, -0.15) is 0 Å². The molecule has 0 unspecified atom stereocenters. The highest BCUT2D eigenvalue weighted by atomic mass is 16.5. The van der Waals surface area contributed by atoms with Gasteiger partial charge in [0.05, 0.1) is 24.8 Å². The number of rotatable bonds is 5. The number of aromatic carboxylic acids is 1. The lowest BCUT2D eigenvalue weighted by molar-refractivity contribution is -0.140. The highest BCUT2D eigenvalue weighted by Crippen LogP contribution is 2.19. The van der Waals surface area contributed by atoms with Gasteiger partial charge in [-0.05, 0) is 12.1 Å². The molecular formula is C13H16N2O5. The second-order valence-corrected chi connectivity index (χ2v) is 3.94. The van der Waals surface area contributed by atoms with E-state index in [0.29, 0.717) is 0 Å². The van der Waals surface area contributed by atoms with Gasteiger partial charge in [0.25, 0.3) is 0 Å². The van der Waals surface area contributed by atoms with Gasteiger partial charge in [0, 0.05) is 13.6 Å². The number of carbonyl (C=O) groups is 3. The number of carboxylic acid groups (broad SMARTS) is 1. The SMILES string of the molecule is COC(=O)CCNC(=O)N(C)c1ccccc1C(=O)O. The zero-order chi connectivity index (χ0) is 15.1. The highest BCUT2D eigenvalue weighted by Gasteiger charge is 2.17. The Kier molecular flexibility index (Phi) is 5.52. The van der Waals surface area contributed by atoms with Gasteiger partial charge in [-0.25, -0.2) is 9.59 Å². The van der Waals surface area contributed by atoms with Gasteiger partial charge in [-0.1, -0.05) is 12.1 Å². The Bertz CT molecular complexity index is 515. The van der Waals surface area contributed by atoms with E-state index in [1.54, 1.807) is 12.1 Å². The van der Waals surface area contributed by atoms with Crippen LogP contribution in [-0.4, -0.2) is 43.8 Å². The molecule has 1 aromatic rings. The predicted molar refractivity (Wildman–Crippen MR) is 71.8 cm³/mol. The third kappa shape index (κ3) is 3.98. The summed E-state index contributed by atoms with van der Waals surface area (Å²) in [5.74, 6) is -1.55. The van der Waals surface area contributed by atoms with Crippen LogP contribution in [-0.2, 0) is 9.53 Å². The van der Waals surface area contributed by atoms with Crippen LogP contribution in [0, 0.1) is 0 Å². The lowest BCUT2D eigenvalue weighted by atomic mass is 10.1. The largest absolute Gasteiger partial charge is 0.478 e. The van der Waals surface area contributed by atoms with E-state index in [2.05, 4.69) is 10.1 Å². The first-order valence-corrected chi connectivity index (χ1v) is 5.88. The Balaban J connectivity index is 2.70. The summed E-state index contributed by atoms with van der Waals surface area (Å²) in [6.07, 6.45) is 0.0522. The molecule has 7 nitrogen and oxygen atoms in total. The summed E-state index contributed by atoms with van der Waals surface area (Å²) >= 11 is 0. The molecular weight excluding hydrogens is 264 g/mol. The van der Waals surface area contributed by atoms with Crippen molar-refractivity contribution in [1.82, 2.24) is 5.32 Å². The van der Waals surface area contributed by atoms with E-state index in [4.69, 9.17) is 5.11 Å². The average molecular weight is 280 g/mol. The van der Waals surface area contributed by atoms with E-state index >= 15 is 0 Å². The van der Waals surface area contributed by atoms with Gasteiger partial charge < -0.3 is 15.2 Å². The minimum atomic E-state index is -1.12. The zero-order valence-corrected chi connectivity index (χ0v) is 11.3. The Morgan fingerprint density at radius 2 is 1.95 bits per heavy atom. The van der Waals surface area contributed by atoms with Crippen LogP contribution >= 0.6 is 0 Å². The lowest BCUT2D eigenvalue weighted by Gasteiger charge is -2.19. The smallest absolute Gasteiger partial charge is 0.337 e. The second-order valence-electron chi connectivity index (χ2n) is 3.94. The van der Waals surface area contributed by atoms with Crippen molar-refractivity contribution in [3.05, 3.63) is 29.8 Å². The summed E-state index contributed by atoms with van der Waals surface area (Å²) < 4.78 is 4.45. The Morgan fingerprint density at radius 1 is 1.30 bits per heavy atom. The number of nitrogens with one attached hydrogen (secondary N) is 1. The molecule has 1 rings (SSSR count). The standard InChI is InChI=1S/C13H16N2O5/c1-15(13(19)14-8-7-11(16)20-2)10-6-4-3-5-9(10)12(17)18/h3-6H,7-8H2,1-2H3,(H,14,19)(H,17,18). The van der Waals surface area contributed by atoms with Gasteiger partial charge in [0.2, 0.25) is 0 Å². The van der Waals surface area contributed by atoms with Gasteiger partial charge in [0.15, 0.2) is 0 Å². The van der Waals surface area contributed by atoms with Crippen molar-refractivity contribution in [2.75, 3.05) is 25.6 Å². The molecule has 7 heteroatoms. The Morgan fingerprint density at radius 3 is 2.55 bits per heavy atom. The minimum absolute atomic E-state index is 0.0260. The minimum Gasteiger partial charge on any atom is -0.478 e. The molecule has 0 fully saturated rings. The number of hydrogen-bond acceptors (Lipinski definition) is 4. The Labute approximate surface area is 116 Å². The fourth-order valence-electron chi connectivity index (χ4n) is 1.55. The number of nitrogens with zero attached hydrogens (tertiary/aromatic N) is 1. The maximum absolute atomic E-state index is 11.9. The summed E-state index contributed by atoms with van der Waals surface area (Å²) in [5, 5.41) is 11.6. The van der Waals surface area contributed by atoms with Crippen LogP contribution < -0.4 is 10.2 Å². The first-order chi connectivity index (χ1) is 9.47. The number of benzene rings is 1. The predicted octanol–water partition coefficient (Wildman–Crippen LogP) is 1.09. The number of carbonyl (C=O) groups excluding carboxylic acids is 2.